The van der Waals surface area contributed by atoms with Gasteiger partial charge >= 0.3 is 0 Å². The molecule has 2 aliphatic carbocycles. The molecule has 0 spiro atoms. The van der Waals surface area contributed by atoms with Gasteiger partial charge in [-0.1, -0.05) is 26.7 Å². The predicted molar refractivity (Wildman–Crippen MR) is 69.7 cm³/mol. The quantitative estimate of drug-likeness (QED) is 0.746. The second-order valence-electron chi connectivity index (χ2n) is 5.47. The molecule has 2 atom stereocenters. The molecule has 0 aliphatic heterocycles. The first-order valence-corrected chi connectivity index (χ1v) is 7.36. The molecule has 2 unspecified atom stereocenters. The Labute approximate surface area is 101 Å². The van der Waals surface area contributed by atoms with E-state index >= 15 is 0 Å². The van der Waals surface area contributed by atoms with Gasteiger partial charge in [-0.25, -0.2) is 0 Å². The molecule has 2 nitrogen and oxygen atoms in total. The van der Waals surface area contributed by atoms with E-state index in [0.717, 1.165) is 18.1 Å². The van der Waals surface area contributed by atoms with Crippen LogP contribution in [0.25, 0.3) is 0 Å². The topological polar surface area (TPSA) is 15.3 Å². The van der Waals surface area contributed by atoms with Gasteiger partial charge in [-0.2, -0.15) is 0 Å². The van der Waals surface area contributed by atoms with Gasteiger partial charge in [-0.3, -0.25) is 4.90 Å². The van der Waals surface area contributed by atoms with Crippen molar-refractivity contribution in [3.63, 3.8) is 0 Å². The third-order valence-electron chi connectivity index (χ3n) is 4.19. The van der Waals surface area contributed by atoms with E-state index in [1.165, 1.54) is 58.0 Å². The van der Waals surface area contributed by atoms with Crippen LogP contribution in [0.4, 0.5) is 0 Å². The van der Waals surface area contributed by atoms with Crippen LogP contribution in [0.5, 0.6) is 0 Å². The average Bonchev–Trinajstić information content (AvgIpc) is 3.13. The zero-order chi connectivity index (χ0) is 11.4. The fourth-order valence-electron chi connectivity index (χ4n) is 3.25. The molecule has 0 amide bonds. The van der Waals surface area contributed by atoms with Crippen LogP contribution in [0.1, 0.15) is 58.8 Å². The summed E-state index contributed by atoms with van der Waals surface area (Å²) >= 11 is 0. The molecular formula is C14H28N2. The van der Waals surface area contributed by atoms with Crippen molar-refractivity contribution in [2.75, 3.05) is 13.1 Å². The molecule has 2 saturated carbocycles. The molecule has 0 aromatic heterocycles. The van der Waals surface area contributed by atoms with E-state index < -0.39 is 0 Å². The first-order valence-electron chi connectivity index (χ1n) is 7.36. The third-order valence-corrected chi connectivity index (χ3v) is 4.19. The van der Waals surface area contributed by atoms with Crippen molar-refractivity contribution in [3.8, 4) is 0 Å². The summed E-state index contributed by atoms with van der Waals surface area (Å²) in [6.45, 7) is 7.05. The Bertz CT molecular complexity index is 201. The van der Waals surface area contributed by atoms with Crippen molar-refractivity contribution in [1.82, 2.24) is 10.2 Å². The van der Waals surface area contributed by atoms with Gasteiger partial charge in [0, 0.05) is 18.1 Å². The monoisotopic (exact) mass is 224 g/mol. The maximum absolute atomic E-state index is 3.78. The molecule has 0 heterocycles. The number of likely N-dealkylation sites (N-methyl/N-ethyl adjacent to an activating group) is 1. The highest BCUT2D eigenvalue weighted by atomic mass is 15.2. The highest BCUT2D eigenvalue weighted by Crippen LogP contribution is 2.33. The normalized spacial score (nSPS) is 30.9. The van der Waals surface area contributed by atoms with E-state index in [0.29, 0.717) is 0 Å². The summed E-state index contributed by atoms with van der Waals surface area (Å²) in [5, 5.41) is 3.78. The molecule has 2 aliphatic rings. The van der Waals surface area contributed by atoms with E-state index in [1.54, 1.807) is 0 Å². The van der Waals surface area contributed by atoms with Crippen LogP contribution in [0.15, 0.2) is 0 Å². The van der Waals surface area contributed by atoms with Crippen LogP contribution in [-0.4, -0.2) is 36.1 Å². The molecule has 0 aromatic carbocycles. The number of hydrogen-bond donors (Lipinski definition) is 1. The summed E-state index contributed by atoms with van der Waals surface area (Å²) in [7, 11) is 0. The van der Waals surface area contributed by atoms with E-state index in [1.807, 2.05) is 0 Å². The van der Waals surface area contributed by atoms with Gasteiger partial charge < -0.3 is 5.32 Å². The number of nitrogens with one attached hydrogen (secondary N) is 1. The van der Waals surface area contributed by atoms with Gasteiger partial charge in [0.05, 0.1) is 0 Å². The minimum Gasteiger partial charge on any atom is -0.312 e. The Hall–Kier alpha value is -0.0800. The van der Waals surface area contributed by atoms with Gasteiger partial charge in [0.15, 0.2) is 0 Å². The molecule has 2 rings (SSSR count). The Morgan fingerprint density at radius 2 is 1.81 bits per heavy atom. The predicted octanol–water partition coefficient (Wildman–Crippen LogP) is 2.78. The zero-order valence-corrected chi connectivity index (χ0v) is 11.0. The van der Waals surface area contributed by atoms with Crippen LogP contribution in [0.2, 0.25) is 0 Å². The molecule has 0 radical (unpaired) electrons. The average molecular weight is 224 g/mol. The van der Waals surface area contributed by atoms with Crippen LogP contribution in [-0.2, 0) is 0 Å². The lowest BCUT2D eigenvalue weighted by atomic mass is 9.89. The lowest BCUT2D eigenvalue weighted by Gasteiger charge is -2.40. The minimum absolute atomic E-state index is 0.772. The Kier molecular flexibility index (Phi) is 4.66. The van der Waals surface area contributed by atoms with E-state index in [4.69, 9.17) is 0 Å². The maximum Gasteiger partial charge on any atom is 0.0252 e. The summed E-state index contributed by atoms with van der Waals surface area (Å²) in [6, 6.07) is 2.53. The van der Waals surface area contributed by atoms with Crippen LogP contribution in [0, 0.1) is 0 Å². The van der Waals surface area contributed by atoms with Crippen molar-refractivity contribution < 1.29 is 0 Å². The van der Waals surface area contributed by atoms with E-state index in [-0.39, 0.29) is 0 Å². The van der Waals surface area contributed by atoms with Crippen molar-refractivity contribution in [3.05, 3.63) is 0 Å². The van der Waals surface area contributed by atoms with Gasteiger partial charge in [-0.15, -0.1) is 0 Å². The molecule has 2 heteroatoms. The smallest absolute Gasteiger partial charge is 0.0252 e. The first-order chi connectivity index (χ1) is 7.86. The van der Waals surface area contributed by atoms with E-state index in [9.17, 15) is 0 Å². The second kappa shape index (κ2) is 6.02. The number of rotatable bonds is 6. The molecule has 1 N–H and O–H groups in total. The number of nitrogens with zero attached hydrogens (tertiary/aromatic N) is 1. The summed E-state index contributed by atoms with van der Waals surface area (Å²) in [5.41, 5.74) is 0. The Morgan fingerprint density at radius 3 is 2.44 bits per heavy atom. The van der Waals surface area contributed by atoms with Crippen LogP contribution >= 0.6 is 0 Å². The fraction of sp³-hybridized carbons (Fsp3) is 1.00. The molecule has 0 bridgehead atoms. The van der Waals surface area contributed by atoms with Gasteiger partial charge in [0.2, 0.25) is 0 Å². The molecule has 0 saturated heterocycles. The molecule has 2 fully saturated rings. The van der Waals surface area contributed by atoms with Gasteiger partial charge in [-0.05, 0) is 45.2 Å². The Morgan fingerprint density at radius 1 is 1.06 bits per heavy atom. The van der Waals surface area contributed by atoms with Gasteiger partial charge in [0.25, 0.3) is 0 Å². The van der Waals surface area contributed by atoms with Crippen molar-refractivity contribution in [1.29, 1.82) is 0 Å². The fourth-order valence-corrected chi connectivity index (χ4v) is 3.25. The lowest BCUT2D eigenvalue weighted by molar-refractivity contribution is 0.120. The highest BCUT2D eigenvalue weighted by molar-refractivity contribution is 4.94. The van der Waals surface area contributed by atoms with Crippen molar-refractivity contribution >= 4 is 0 Å². The largest absolute Gasteiger partial charge is 0.312 e. The number of hydrogen-bond acceptors (Lipinski definition) is 2. The van der Waals surface area contributed by atoms with Crippen molar-refractivity contribution in [2.24, 2.45) is 0 Å². The first kappa shape index (κ1) is 12.4. The SMILES string of the molecule is CCCNC1CCCCC1N(CC)C1CC1. The molecular weight excluding hydrogens is 196 g/mol. The zero-order valence-electron chi connectivity index (χ0n) is 11.0. The Balaban J connectivity index is 1.91. The molecule has 0 aromatic rings. The summed E-state index contributed by atoms with van der Waals surface area (Å²) < 4.78 is 0. The van der Waals surface area contributed by atoms with Gasteiger partial charge in [0.1, 0.15) is 0 Å². The van der Waals surface area contributed by atoms with E-state index in [2.05, 4.69) is 24.1 Å². The van der Waals surface area contributed by atoms with Crippen molar-refractivity contribution in [2.45, 2.75) is 76.9 Å². The summed E-state index contributed by atoms with van der Waals surface area (Å²) in [4.78, 5) is 2.78. The third kappa shape index (κ3) is 2.98. The lowest BCUT2D eigenvalue weighted by Crippen LogP contribution is -2.52. The second-order valence-corrected chi connectivity index (χ2v) is 5.47. The molecule has 94 valence electrons. The summed E-state index contributed by atoms with van der Waals surface area (Å²) in [6.07, 6.45) is 9.85. The van der Waals surface area contributed by atoms with Crippen LogP contribution in [0.3, 0.4) is 0 Å². The highest BCUT2D eigenvalue weighted by Gasteiger charge is 2.37. The standard InChI is InChI=1S/C14H28N2/c1-3-11-15-13-7-5-6-8-14(13)16(4-2)12-9-10-12/h12-15H,3-11H2,1-2H3. The maximum atomic E-state index is 3.78. The molecule has 16 heavy (non-hydrogen) atoms. The summed E-state index contributed by atoms with van der Waals surface area (Å²) in [5.74, 6) is 0. The minimum atomic E-state index is 0.772. The van der Waals surface area contributed by atoms with Crippen LogP contribution < -0.4 is 5.32 Å².